The summed E-state index contributed by atoms with van der Waals surface area (Å²) >= 11 is 0. The van der Waals surface area contributed by atoms with E-state index in [4.69, 9.17) is 0 Å². The molecule has 2 fully saturated rings. The minimum absolute atomic E-state index is 0.0467. The molecule has 0 unspecified atom stereocenters. The molecule has 26 heavy (non-hydrogen) atoms. The number of piperidine rings is 1. The zero-order chi connectivity index (χ0) is 18.5. The van der Waals surface area contributed by atoms with Gasteiger partial charge in [-0.1, -0.05) is 6.07 Å². The fourth-order valence-electron chi connectivity index (χ4n) is 4.83. The van der Waals surface area contributed by atoms with Crippen LogP contribution >= 0.6 is 0 Å². The SMILES string of the molecule is Cn1cncc1C(=O)N1CC[C@H]2[C@@H](C1)CC(C)(C)N2c1cccc(F)c1. The number of fused-ring (bicyclic) bond motifs is 1. The second-order valence-corrected chi connectivity index (χ2v) is 8.12. The molecular formula is C20H25FN4O. The number of amides is 1. The number of hydrogen-bond acceptors (Lipinski definition) is 3. The summed E-state index contributed by atoms with van der Waals surface area (Å²) in [4.78, 5) is 21.2. The van der Waals surface area contributed by atoms with Crippen molar-refractivity contribution in [1.82, 2.24) is 14.5 Å². The maximum Gasteiger partial charge on any atom is 0.272 e. The van der Waals surface area contributed by atoms with E-state index < -0.39 is 0 Å². The van der Waals surface area contributed by atoms with Crippen molar-refractivity contribution in [2.24, 2.45) is 13.0 Å². The number of halogens is 1. The number of rotatable bonds is 2. The molecule has 1 aromatic carbocycles. The van der Waals surface area contributed by atoms with Crippen LogP contribution in [0.25, 0.3) is 0 Å². The van der Waals surface area contributed by atoms with Gasteiger partial charge < -0.3 is 14.4 Å². The van der Waals surface area contributed by atoms with Gasteiger partial charge in [0, 0.05) is 37.4 Å². The van der Waals surface area contributed by atoms with Crippen molar-refractivity contribution in [1.29, 1.82) is 0 Å². The molecule has 0 bridgehead atoms. The molecule has 0 spiro atoms. The number of anilines is 1. The van der Waals surface area contributed by atoms with Crippen molar-refractivity contribution in [3.63, 3.8) is 0 Å². The first-order valence-corrected chi connectivity index (χ1v) is 9.17. The van der Waals surface area contributed by atoms with Crippen LogP contribution in [0, 0.1) is 11.7 Å². The van der Waals surface area contributed by atoms with Crippen molar-refractivity contribution in [3.8, 4) is 0 Å². The van der Waals surface area contributed by atoms with Gasteiger partial charge in [-0.2, -0.15) is 0 Å². The van der Waals surface area contributed by atoms with Crippen LogP contribution in [0.1, 0.15) is 37.2 Å². The van der Waals surface area contributed by atoms with E-state index in [1.165, 1.54) is 6.07 Å². The van der Waals surface area contributed by atoms with E-state index in [2.05, 4.69) is 23.7 Å². The normalized spacial score (nSPS) is 24.6. The molecule has 2 aromatic rings. The molecule has 6 heteroatoms. The van der Waals surface area contributed by atoms with Gasteiger partial charge in [0.2, 0.25) is 0 Å². The number of nitrogens with zero attached hydrogens (tertiary/aromatic N) is 4. The van der Waals surface area contributed by atoms with E-state index >= 15 is 0 Å². The number of carbonyl (C=O) groups is 1. The predicted molar refractivity (Wildman–Crippen MR) is 98.6 cm³/mol. The summed E-state index contributed by atoms with van der Waals surface area (Å²) in [5.41, 5.74) is 1.51. The van der Waals surface area contributed by atoms with E-state index in [-0.39, 0.29) is 17.3 Å². The molecule has 0 radical (unpaired) electrons. The molecule has 4 rings (SSSR count). The molecule has 0 saturated carbocycles. The topological polar surface area (TPSA) is 41.4 Å². The average molecular weight is 356 g/mol. The second kappa shape index (κ2) is 6.11. The molecule has 5 nitrogen and oxygen atoms in total. The third kappa shape index (κ3) is 2.77. The summed E-state index contributed by atoms with van der Waals surface area (Å²) in [7, 11) is 1.84. The number of imidazole rings is 1. The summed E-state index contributed by atoms with van der Waals surface area (Å²) in [6.45, 7) is 5.88. The Morgan fingerprint density at radius 1 is 1.35 bits per heavy atom. The summed E-state index contributed by atoms with van der Waals surface area (Å²) in [6, 6.07) is 7.20. The molecule has 3 heterocycles. The minimum Gasteiger partial charge on any atom is -0.363 e. The fraction of sp³-hybridized carbons (Fsp3) is 0.500. The Labute approximate surface area is 153 Å². The van der Waals surface area contributed by atoms with Crippen molar-refractivity contribution in [2.45, 2.75) is 38.3 Å². The standard InChI is InChI=1S/C20H25FN4O/c1-20(2)10-14-12-24(19(26)18-11-22-13-23(18)3)8-7-17(14)25(20)16-6-4-5-15(21)9-16/h4-6,9,11,13-14,17H,7-8,10,12H2,1-3H3/t14-,17+/m1/s1. The van der Waals surface area contributed by atoms with Crippen molar-refractivity contribution < 1.29 is 9.18 Å². The first kappa shape index (κ1) is 17.1. The Kier molecular flexibility index (Phi) is 4.01. The van der Waals surface area contributed by atoms with E-state index in [0.717, 1.165) is 25.1 Å². The second-order valence-electron chi connectivity index (χ2n) is 8.12. The largest absolute Gasteiger partial charge is 0.363 e. The van der Waals surface area contributed by atoms with Gasteiger partial charge in [0.1, 0.15) is 11.5 Å². The van der Waals surface area contributed by atoms with E-state index in [1.54, 1.807) is 29.2 Å². The molecule has 0 aliphatic carbocycles. The van der Waals surface area contributed by atoms with Gasteiger partial charge in [0.25, 0.3) is 5.91 Å². The van der Waals surface area contributed by atoms with Gasteiger partial charge in [-0.15, -0.1) is 0 Å². The summed E-state index contributed by atoms with van der Waals surface area (Å²) in [5.74, 6) is 0.232. The zero-order valence-corrected chi connectivity index (χ0v) is 15.5. The van der Waals surface area contributed by atoms with Crippen LogP contribution in [0.2, 0.25) is 0 Å². The number of carbonyl (C=O) groups excluding carboxylic acids is 1. The van der Waals surface area contributed by atoms with Gasteiger partial charge in [0.05, 0.1) is 12.5 Å². The summed E-state index contributed by atoms with van der Waals surface area (Å²) in [5, 5.41) is 0. The smallest absolute Gasteiger partial charge is 0.272 e. The monoisotopic (exact) mass is 356 g/mol. The molecule has 2 aliphatic heterocycles. The summed E-state index contributed by atoms with van der Waals surface area (Å²) in [6.07, 6.45) is 5.17. The first-order valence-electron chi connectivity index (χ1n) is 9.17. The zero-order valence-electron chi connectivity index (χ0n) is 15.5. The number of hydrogen-bond donors (Lipinski definition) is 0. The Balaban J connectivity index is 1.57. The summed E-state index contributed by atoms with van der Waals surface area (Å²) < 4.78 is 15.5. The van der Waals surface area contributed by atoms with Crippen LogP contribution in [-0.2, 0) is 7.05 Å². The third-order valence-electron chi connectivity index (χ3n) is 5.85. The Bertz CT molecular complexity index is 831. The van der Waals surface area contributed by atoms with Crippen molar-refractivity contribution in [3.05, 3.63) is 48.3 Å². The Morgan fingerprint density at radius 2 is 2.15 bits per heavy atom. The highest BCUT2D eigenvalue weighted by Gasteiger charge is 2.48. The van der Waals surface area contributed by atoms with Crippen molar-refractivity contribution in [2.75, 3.05) is 18.0 Å². The lowest BCUT2D eigenvalue weighted by Gasteiger charge is -2.41. The molecule has 2 atom stereocenters. The van der Waals surface area contributed by atoms with E-state index in [0.29, 0.717) is 24.2 Å². The number of likely N-dealkylation sites (tertiary alicyclic amines) is 1. The third-order valence-corrected chi connectivity index (χ3v) is 5.85. The highest BCUT2D eigenvalue weighted by Crippen LogP contribution is 2.44. The van der Waals surface area contributed by atoms with Crippen LogP contribution in [-0.4, -0.2) is 45.0 Å². The number of aryl methyl sites for hydroxylation is 1. The number of aromatic nitrogens is 2. The lowest BCUT2D eigenvalue weighted by atomic mass is 9.89. The van der Waals surface area contributed by atoms with Gasteiger partial charge in [-0.25, -0.2) is 9.37 Å². The molecule has 2 aliphatic rings. The minimum atomic E-state index is -0.203. The van der Waals surface area contributed by atoms with Crippen molar-refractivity contribution >= 4 is 11.6 Å². The lowest BCUT2D eigenvalue weighted by molar-refractivity contribution is 0.0658. The average Bonchev–Trinajstić information content (AvgIpc) is 3.12. The van der Waals surface area contributed by atoms with Gasteiger partial charge in [-0.3, -0.25) is 4.79 Å². The first-order chi connectivity index (χ1) is 12.4. The van der Waals surface area contributed by atoms with Gasteiger partial charge in [0.15, 0.2) is 0 Å². The maximum atomic E-state index is 13.8. The van der Waals surface area contributed by atoms with Crippen LogP contribution < -0.4 is 4.90 Å². The quantitative estimate of drug-likeness (QED) is 0.830. The van der Waals surface area contributed by atoms with Crippen LogP contribution in [0.15, 0.2) is 36.8 Å². The van der Waals surface area contributed by atoms with Crippen LogP contribution in [0.4, 0.5) is 10.1 Å². The highest BCUT2D eigenvalue weighted by molar-refractivity contribution is 5.92. The van der Waals surface area contributed by atoms with Crippen LogP contribution in [0.3, 0.4) is 0 Å². The highest BCUT2D eigenvalue weighted by atomic mass is 19.1. The fourth-order valence-corrected chi connectivity index (χ4v) is 4.83. The van der Waals surface area contributed by atoms with Gasteiger partial charge >= 0.3 is 0 Å². The Hall–Kier alpha value is -2.37. The number of benzene rings is 1. The van der Waals surface area contributed by atoms with Crippen LogP contribution in [0.5, 0.6) is 0 Å². The molecular weight excluding hydrogens is 331 g/mol. The Morgan fingerprint density at radius 3 is 2.85 bits per heavy atom. The van der Waals surface area contributed by atoms with E-state index in [1.807, 2.05) is 18.0 Å². The molecule has 138 valence electrons. The molecule has 2 saturated heterocycles. The van der Waals surface area contributed by atoms with Gasteiger partial charge in [-0.05, 0) is 50.8 Å². The van der Waals surface area contributed by atoms with E-state index in [9.17, 15) is 9.18 Å². The lowest BCUT2D eigenvalue weighted by Crippen LogP contribution is -2.50. The predicted octanol–water partition coefficient (Wildman–Crippen LogP) is 3.08. The molecule has 1 amide bonds. The maximum absolute atomic E-state index is 13.8. The molecule has 0 N–H and O–H groups in total. The molecule has 1 aromatic heterocycles.